The second-order valence-electron chi connectivity index (χ2n) is 7.76. The lowest BCUT2D eigenvalue weighted by molar-refractivity contribution is -0.0764. The van der Waals surface area contributed by atoms with Gasteiger partial charge in [0.15, 0.2) is 23.0 Å². The van der Waals surface area contributed by atoms with Crippen LogP contribution in [0, 0.1) is 0 Å². The summed E-state index contributed by atoms with van der Waals surface area (Å²) in [7, 11) is 2.00. The molecule has 7 rings (SSSR count). The highest BCUT2D eigenvalue weighted by atomic mass is 16.7. The third kappa shape index (κ3) is 1.52. The molecule has 1 unspecified atom stereocenters. The summed E-state index contributed by atoms with van der Waals surface area (Å²) in [5, 5.41) is 11.2. The number of ether oxygens (including phenoxy) is 5. The van der Waals surface area contributed by atoms with Gasteiger partial charge in [0.2, 0.25) is 13.6 Å². The molecule has 0 amide bonds. The lowest BCUT2D eigenvalue weighted by atomic mass is 9.83. The summed E-state index contributed by atoms with van der Waals surface area (Å²) in [5.41, 5.74) is 3.42. The number of benzene rings is 2. The maximum absolute atomic E-state index is 11.2. The minimum atomic E-state index is -0.663. The molecule has 2 bridgehead atoms. The third-order valence-corrected chi connectivity index (χ3v) is 6.59. The van der Waals surface area contributed by atoms with Crippen molar-refractivity contribution in [3.05, 3.63) is 46.5 Å². The number of fused-ring (bicyclic) bond motifs is 7. The van der Waals surface area contributed by atoms with E-state index in [2.05, 4.69) is 11.0 Å². The fourth-order valence-electron chi connectivity index (χ4n) is 5.51. The Morgan fingerprint density at radius 2 is 1.81 bits per heavy atom. The van der Waals surface area contributed by atoms with Gasteiger partial charge in [-0.1, -0.05) is 6.07 Å². The molecule has 1 saturated heterocycles. The molecule has 0 aromatic heterocycles. The van der Waals surface area contributed by atoms with E-state index in [9.17, 15) is 5.11 Å². The second-order valence-corrected chi connectivity index (χ2v) is 7.76. The van der Waals surface area contributed by atoms with Crippen LogP contribution in [-0.4, -0.2) is 36.7 Å². The topological polar surface area (TPSA) is 69.6 Å². The molecule has 138 valence electrons. The van der Waals surface area contributed by atoms with Gasteiger partial charge in [-0.15, -0.1) is 0 Å². The van der Waals surface area contributed by atoms with E-state index in [0.717, 1.165) is 28.2 Å². The van der Waals surface area contributed by atoms with Gasteiger partial charge in [-0.3, -0.25) is 4.90 Å². The van der Waals surface area contributed by atoms with Gasteiger partial charge in [0.1, 0.15) is 11.8 Å². The molecule has 2 aromatic carbocycles. The number of hydrogen-bond acceptors (Lipinski definition) is 7. The van der Waals surface area contributed by atoms with E-state index in [-0.39, 0.29) is 25.9 Å². The first kappa shape index (κ1) is 14.6. The first-order valence-corrected chi connectivity index (χ1v) is 9.10. The zero-order chi connectivity index (χ0) is 17.9. The standard InChI is InChI=1S/C20H17NO6/c1-21-18-16(22)10-4-13-14(25-7-24-13)5-11(10)20(18)6-9-2-3-12-17(26-8-23-12)15(9)19(21)27-20/h2-5,16,18-19,22H,6-8H2,1H3/t16?,18-,19+,20+/m1/s1. The Hall–Kier alpha value is -2.48. The summed E-state index contributed by atoms with van der Waals surface area (Å²) in [5.74, 6) is 2.91. The highest BCUT2D eigenvalue weighted by Gasteiger charge is 2.65. The molecule has 0 radical (unpaired) electrons. The van der Waals surface area contributed by atoms with E-state index in [1.54, 1.807) is 0 Å². The van der Waals surface area contributed by atoms with Gasteiger partial charge in [-0.05, 0) is 41.9 Å². The zero-order valence-electron chi connectivity index (χ0n) is 14.6. The summed E-state index contributed by atoms with van der Waals surface area (Å²) in [4.78, 5) is 2.12. The number of nitrogens with zero attached hydrogens (tertiary/aromatic N) is 1. The van der Waals surface area contributed by atoms with Crippen molar-refractivity contribution in [2.24, 2.45) is 0 Å². The maximum atomic E-state index is 11.2. The Morgan fingerprint density at radius 3 is 2.70 bits per heavy atom. The molecule has 27 heavy (non-hydrogen) atoms. The Balaban J connectivity index is 1.46. The van der Waals surface area contributed by atoms with Crippen molar-refractivity contribution in [3.8, 4) is 23.0 Å². The molecule has 1 aliphatic carbocycles. The van der Waals surface area contributed by atoms with Crippen molar-refractivity contribution < 1.29 is 28.8 Å². The number of likely N-dealkylation sites (N-methyl/N-ethyl adjacent to an activating group) is 1. The van der Waals surface area contributed by atoms with E-state index >= 15 is 0 Å². The number of hydrogen-bond donors (Lipinski definition) is 1. The molecule has 1 fully saturated rings. The predicted molar refractivity (Wildman–Crippen MR) is 90.8 cm³/mol. The molecular weight excluding hydrogens is 350 g/mol. The Kier molecular flexibility index (Phi) is 2.42. The normalized spacial score (nSPS) is 33.8. The Morgan fingerprint density at radius 1 is 1.04 bits per heavy atom. The monoisotopic (exact) mass is 367 g/mol. The minimum absolute atomic E-state index is 0.189. The molecule has 1 N–H and O–H groups in total. The third-order valence-electron chi connectivity index (χ3n) is 6.59. The Labute approximate surface area is 155 Å². The van der Waals surface area contributed by atoms with Crippen LogP contribution in [0.15, 0.2) is 24.3 Å². The van der Waals surface area contributed by atoms with Crippen LogP contribution in [0.3, 0.4) is 0 Å². The highest BCUT2D eigenvalue weighted by molar-refractivity contribution is 5.60. The summed E-state index contributed by atoms with van der Waals surface area (Å²) in [6.07, 6.45) is -0.290. The van der Waals surface area contributed by atoms with Crippen molar-refractivity contribution in [1.29, 1.82) is 0 Å². The number of aliphatic hydroxyl groups is 1. The van der Waals surface area contributed by atoms with Crippen molar-refractivity contribution >= 4 is 0 Å². The van der Waals surface area contributed by atoms with E-state index in [0.29, 0.717) is 17.9 Å². The molecule has 1 spiro atoms. The predicted octanol–water partition coefficient (Wildman–Crippen LogP) is 1.97. The molecule has 2 aromatic rings. The fraction of sp³-hybridized carbons (Fsp3) is 0.400. The van der Waals surface area contributed by atoms with Gasteiger partial charge < -0.3 is 28.8 Å². The van der Waals surface area contributed by atoms with Gasteiger partial charge in [0.25, 0.3) is 0 Å². The number of aliphatic hydroxyl groups excluding tert-OH is 1. The largest absolute Gasteiger partial charge is 0.454 e. The van der Waals surface area contributed by atoms with Gasteiger partial charge in [0.05, 0.1) is 12.1 Å². The average Bonchev–Trinajstić information content (AvgIpc) is 3.41. The minimum Gasteiger partial charge on any atom is -0.454 e. The maximum Gasteiger partial charge on any atom is 0.231 e. The molecule has 0 saturated carbocycles. The smallest absolute Gasteiger partial charge is 0.231 e. The first-order valence-electron chi connectivity index (χ1n) is 9.10. The van der Waals surface area contributed by atoms with Gasteiger partial charge in [0, 0.05) is 12.0 Å². The molecule has 4 atom stereocenters. The quantitative estimate of drug-likeness (QED) is 0.763. The first-order chi connectivity index (χ1) is 13.2. The van der Waals surface area contributed by atoms with Crippen LogP contribution < -0.4 is 18.9 Å². The van der Waals surface area contributed by atoms with Crippen LogP contribution in [0.1, 0.15) is 34.6 Å². The second kappa shape index (κ2) is 4.49. The van der Waals surface area contributed by atoms with Gasteiger partial charge >= 0.3 is 0 Å². The van der Waals surface area contributed by atoms with Crippen LogP contribution >= 0.6 is 0 Å². The van der Waals surface area contributed by atoms with Crippen LogP contribution in [0.25, 0.3) is 0 Å². The molecular formula is C20H17NO6. The zero-order valence-corrected chi connectivity index (χ0v) is 14.6. The van der Waals surface area contributed by atoms with Crippen molar-refractivity contribution in [3.63, 3.8) is 0 Å². The van der Waals surface area contributed by atoms with Crippen molar-refractivity contribution in [2.75, 3.05) is 20.6 Å². The van der Waals surface area contributed by atoms with Crippen LogP contribution in [0.4, 0.5) is 0 Å². The van der Waals surface area contributed by atoms with E-state index < -0.39 is 11.7 Å². The SMILES string of the molecule is CN1[C@H]2O[C@@]3(Cc4ccc5c(c42)OCO5)c2cc4c(cc2C(O)[C@@H]13)OCO4. The van der Waals surface area contributed by atoms with Crippen LogP contribution in [0.5, 0.6) is 23.0 Å². The molecule has 5 aliphatic rings. The van der Waals surface area contributed by atoms with Gasteiger partial charge in [-0.2, -0.15) is 0 Å². The van der Waals surface area contributed by atoms with Crippen LogP contribution in [-0.2, 0) is 16.8 Å². The van der Waals surface area contributed by atoms with E-state index in [1.165, 1.54) is 5.56 Å². The summed E-state index contributed by atoms with van der Waals surface area (Å²) in [6.45, 7) is 0.437. The van der Waals surface area contributed by atoms with Crippen LogP contribution in [0.2, 0.25) is 0 Å². The van der Waals surface area contributed by atoms with Crippen molar-refractivity contribution in [1.82, 2.24) is 4.90 Å². The molecule has 4 aliphatic heterocycles. The summed E-state index contributed by atoms with van der Waals surface area (Å²) < 4.78 is 29.1. The van der Waals surface area contributed by atoms with E-state index in [1.807, 2.05) is 25.2 Å². The van der Waals surface area contributed by atoms with Crippen molar-refractivity contribution in [2.45, 2.75) is 30.4 Å². The average molecular weight is 367 g/mol. The molecule has 7 heteroatoms. The highest BCUT2D eigenvalue weighted by Crippen LogP contribution is 2.64. The molecule has 7 nitrogen and oxygen atoms in total. The fourth-order valence-corrected chi connectivity index (χ4v) is 5.51. The summed E-state index contributed by atoms with van der Waals surface area (Å²) in [6, 6.07) is 7.74. The molecule has 4 heterocycles. The Bertz CT molecular complexity index is 1020. The summed E-state index contributed by atoms with van der Waals surface area (Å²) >= 11 is 0. The lowest BCUT2D eigenvalue weighted by Crippen LogP contribution is -2.41. The number of rotatable bonds is 0. The van der Waals surface area contributed by atoms with E-state index in [4.69, 9.17) is 23.7 Å². The van der Waals surface area contributed by atoms with Gasteiger partial charge in [-0.25, -0.2) is 0 Å². The lowest BCUT2D eigenvalue weighted by Gasteiger charge is -2.34.